The summed E-state index contributed by atoms with van der Waals surface area (Å²) in [5.74, 6) is 0. The molecule has 0 saturated heterocycles. The fourth-order valence-corrected chi connectivity index (χ4v) is 0.503. The van der Waals surface area contributed by atoms with E-state index in [1.807, 2.05) is 0 Å². The van der Waals surface area contributed by atoms with Crippen molar-refractivity contribution in [3.05, 3.63) is 11.7 Å². The van der Waals surface area contributed by atoms with E-state index in [1.54, 1.807) is 14.8 Å². The summed E-state index contributed by atoms with van der Waals surface area (Å²) < 4.78 is 23.9. The number of alkyl halides is 2. The topological polar surface area (TPSA) is 35.9 Å². The first-order chi connectivity index (χ1) is 5.57. The van der Waals surface area contributed by atoms with Crippen LogP contribution in [0.25, 0.3) is 0 Å². The summed E-state index contributed by atoms with van der Waals surface area (Å²) in [5.41, 5.74) is 1.14. The van der Waals surface area contributed by atoms with Crippen molar-refractivity contribution in [2.24, 2.45) is 0 Å². The molecule has 0 radical (unpaired) electrons. The van der Waals surface area contributed by atoms with Crippen molar-refractivity contribution in [2.75, 3.05) is 13.2 Å². The Balaban J connectivity index is 3.67. The molecule has 0 fully saturated rings. The Morgan fingerprint density at radius 1 is 1.75 bits per heavy atom. The first kappa shape index (κ1) is 11.1. The van der Waals surface area contributed by atoms with Crippen LogP contribution in [0.5, 0.6) is 0 Å². The van der Waals surface area contributed by atoms with Gasteiger partial charge in [0.2, 0.25) is 0 Å². The minimum absolute atomic E-state index is 0.0406. The van der Waals surface area contributed by atoms with Gasteiger partial charge in [-0.05, 0) is 13.1 Å². The molecule has 0 saturated carbocycles. The van der Waals surface area contributed by atoms with Crippen LogP contribution >= 0.6 is 0 Å². The van der Waals surface area contributed by atoms with E-state index in [1.165, 1.54) is 6.20 Å². The Kier molecular flexibility index (Phi) is 5.33. The molecule has 0 aliphatic heterocycles. The highest BCUT2D eigenvalue weighted by atomic mass is 19.2. The van der Waals surface area contributed by atoms with Crippen molar-refractivity contribution < 1.29 is 8.78 Å². The van der Waals surface area contributed by atoms with Gasteiger partial charge in [-0.2, -0.15) is 0 Å². The monoisotopic (exact) mass is 174 g/mol. The number of allylic oxidation sites excluding steroid dienone is 1. The SMILES string of the molecule is B/C(=C/NCC(F)CF)C(C)=N. The summed E-state index contributed by atoms with van der Waals surface area (Å²) in [6.07, 6.45) is 0.0602. The van der Waals surface area contributed by atoms with E-state index in [0.717, 1.165) is 5.47 Å². The average Bonchev–Trinajstić information content (AvgIpc) is 2.03. The molecule has 0 rings (SSSR count). The first-order valence-corrected chi connectivity index (χ1v) is 3.73. The van der Waals surface area contributed by atoms with Gasteiger partial charge in [-0.3, -0.25) is 0 Å². The number of hydrogen-bond acceptors (Lipinski definition) is 2. The molecule has 0 aliphatic rings. The molecular weight excluding hydrogens is 161 g/mol. The predicted molar refractivity (Wildman–Crippen MR) is 48.9 cm³/mol. The summed E-state index contributed by atoms with van der Waals surface area (Å²) in [6.45, 7) is 0.625. The summed E-state index contributed by atoms with van der Waals surface area (Å²) in [7, 11) is 1.73. The molecular formula is C7H13BF2N2. The van der Waals surface area contributed by atoms with E-state index < -0.39 is 12.8 Å². The molecule has 0 spiro atoms. The van der Waals surface area contributed by atoms with Crippen LogP contribution in [0.4, 0.5) is 8.78 Å². The van der Waals surface area contributed by atoms with Gasteiger partial charge in [-0.25, -0.2) is 8.78 Å². The minimum Gasteiger partial charge on any atom is -0.388 e. The molecule has 1 atom stereocenters. The average molecular weight is 174 g/mol. The number of nitrogens with one attached hydrogen (secondary N) is 2. The lowest BCUT2D eigenvalue weighted by atomic mass is 9.93. The van der Waals surface area contributed by atoms with Gasteiger partial charge in [0.1, 0.15) is 20.7 Å². The number of halogens is 2. The highest BCUT2D eigenvalue weighted by Gasteiger charge is 2.02. The summed E-state index contributed by atoms with van der Waals surface area (Å²) >= 11 is 0. The van der Waals surface area contributed by atoms with Gasteiger partial charge in [0.15, 0.2) is 0 Å². The third kappa shape index (κ3) is 4.88. The van der Waals surface area contributed by atoms with E-state index in [9.17, 15) is 8.78 Å². The Labute approximate surface area is 72.0 Å². The van der Waals surface area contributed by atoms with Crippen molar-refractivity contribution in [2.45, 2.75) is 13.1 Å². The van der Waals surface area contributed by atoms with Gasteiger partial charge in [-0.15, -0.1) is 0 Å². The smallest absolute Gasteiger partial charge is 0.145 e. The molecule has 0 aliphatic carbocycles. The lowest BCUT2D eigenvalue weighted by Gasteiger charge is -2.04. The molecule has 0 aromatic heterocycles. The first-order valence-electron chi connectivity index (χ1n) is 3.73. The Morgan fingerprint density at radius 2 is 2.33 bits per heavy atom. The van der Waals surface area contributed by atoms with Crippen molar-refractivity contribution in [3.63, 3.8) is 0 Å². The molecule has 68 valence electrons. The van der Waals surface area contributed by atoms with Crippen molar-refractivity contribution in [3.8, 4) is 0 Å². The molecule has 0 aromatic rings. The summed E-state index contributed by atoms with van der Waals surface area (Å²) in [6, 6.07) is 0. The Hall–Kier alpha value is -0.865. The fraction of sp³-hybridized carbons (Fsp3) is 0.571. The lowest BCUT2D eigenvalue weighted by Crippen LogP contribution is -2.21. The standard InChI is InChI=1S/C7H13BF2N2/c1-5(11)7(8)4-12-3-6(10)2-9/h4,6,11-12H,2-3,8H2,1H3/b7-4+,11-5?. The van der Waals surface area contributed by atoms with E-state index in [4.69, 9.17) is 5.41 Å². The van der Waals surface area contributed by atoms with Crippen LogP contribution in [-0.2, 0) is 0 Å². The highest BCUT2D eigenvalue weighted by Crippen LogP contribution is 1.90. The molecule has 0 bridgehead atoms. The third-order valence-electron chi connectivity index (χ3n) is 1.42. The minimum atomic E-state index is -1.46. The maximum Gasteiger partial charge on any atom is 0.145 e. The van der Waals surface area contributed by atoms with Crippen LogP contribution in [0.15, 0.2) is 11.7 Å². The van der Waals surface area contributed by atoms with Crippen LogP contribution in [0.3, 0.4) is 0 Å². The lowest BCUT2D eigenvalue weighted by molar-refractivity contribution is 0.259. The zero-order valence-electron chi connectivity index (χ0n) is 7.32. The van der Waals surface area contributed by atoms with Gasteiger partial charge in [-0.1, -0.05) is 5.47 Å². The highest BCUT2D eigenvalue weighted by molar-refractivity contribution is 6.36. The number of hydrogen-bond donors (Lipinski definition) is 2. The van der Waals surface area contributed by atoms with Crippen LogP contribution in [0.2, 0.25) is 0 Å². The third-order valence-corrected chi connectivity index (χ3v) is 1.42. The van der Waals surface area contributed by atoms with E-state index in [-0.39, 0.29) is 6.54 Å². The van der Waals surface area contributed by atoms with Gasteiger partial charge >= 0.3 is 0 Å². The largest absolute Gasteiger partial charge is 0.388 e. The molecule has 2 nitrogen and oxygen atoms in total. The molecule has 1 unspecified atom stereocenters. The summed E-state index contributed by atoms with van der Waals surface area (Å²) in [5, 5.41) is 9.75. The van der Waals surface area contributed by atoms with Gasteiger partial charge in [0.25, 0.3) is 0 Å². The summed E-state index contributed by atoms with van der Waals surface area (Å²) in [4.78, 5) is 0. The zero-order valence-corrected chi connectivity index (χ0v) is 7.32. The van der Waals surface area contributed by atoms with Crippen LogP contribution in [0.1, 0.15) is 6.92 Å². The van der Waals surface area contributed by atoms with Crippen LogP contribution in [-0.4, -0.2) is 32.9 Å². The molecule has 0 aromatic carbocycles. The quantitative estimate of drug-likeness (QED) is 0.459. The maximum atomic E-state index is 12.3. The fourth-order valence-electron chi connectivity index (χ4n) is 0.503. The second-order valence-electron chi connectivity index (χ2n) is 2.61. The molecule has 0 amide bonds. The second-order valence-corrected chi connectivity index (χ2v) is 2.61. The van der Waals surface area contributed by atoms with Gasteiger partial charge in [0.05, 0.1) is 0 Å². The Morgan fingerprint density at radius 3 is 2.75 bits per heavy atom. The number of rotatable bonds is 5. The zero-order chi connectivity index (χ0) is 9.56. The second kappa shape index (κ2) is 5.74. The predicted octanol–water partition coefficient (Wildman–Crippen LogP) is 0.398. The molecule has 5 heteroatoms. The Bertz CT molecular complexity index is 182. The molecule has 0 heterocycles. The molecule has 12 heavy (non-hydrogen) atoms. The van der Waals surface area contributed by atoms with Crippen LogP contribution in [0, 0.1) is 5.41 Å². The molecule has 2 N–H and O–H groups in total. The maximum absolute atomic E-state index is 12.3. The van der Waals surface area contributed by atoms with Gasteiger partial charge < -0.3 is 10.7 Å². The van der Waals surface area contributed by atoms with E-state index in [2.05, 4.69) is 5.32 Å². The van der Waals surface area contributed by atoms with Crippen LogP contribution < -0.4 is 5.32 Å². The van der Waals surface area contributed by atoms with Crippen molar-refractivity contribution in [1.82, 2.24) is 5.32 Å². The van der Waals surface area contributed by atoms with Gasteiger partial charge in [0, 0.05) is 12.3 Å². The van der Waals surface area contributed by atoms with E-state index in [0.29, 0.717) is 5.71 Å². The van der Waals surface area contributed by atoms with Crippen molar-refractivity contribution in [1.29, 1.82) is 5.41 Å². The normalized spacial score (nSPS) is 14.1. The van der Waals surface area contributed by atoms with E-state index >= 15 is 0 Å². The van der Waals surface area contributed by atoms with Crippen molar-refractivity contribution >= 4 is 13.6 Å².